The van der Waals surface area contributed by atoms with Gasteiger partial charge in [0.15, 0.2) is 0 Å². The second-order valence-electron chi connectivity index (χ2n) is 5.61. The molecule has 0 radical (unpaired) electrons. The van der Waals surface area contributed by atoms with Gasteiger partial charge < -0.3 is 23.8 Å². The average molecular weight is 427 g/mol. The summed E-state index contributed by atoms with van der Waals surface area (Å²) in [4.78, 5) is 45.4. The van der Waals surface area contributed by atoms with E-state index in [1.54, 1.807) is 6.92 Å². The molecule has 0 bridgehead atoms. The molecular formula is C13H20N2O8PS2-. The Morgan fingerprint density at radius 3 is 2.88 bits per heavy atom. The van der Waals surface area contributed by atoms with Crippen LogP contribution in [0.5, 0.6) is 0 Å². The molecule has 1 aromatic heterocycles. The number of ether oxygens (including phenoxy) is 2. The number of phosphoric ester groups is 1. The number of nitrogens with one attached hydrogen (secondary N) is 1. The Kier molecular flexibility index (Phi) is 7.57. The number of hydrogen-bond acceptors (Lipinski definition) is 9. The first-order valence-corrected chi connectivity index (χ1v) is 11.7. The van der Waals surface area contributed by atoms with Crippen LogP contribution in [0.4, 0.5) is 0 Å². The highest BCUT2D eigenvalue weighted by Gasteiger charge is 2.39. The molecule has 0 amide bonds. The van der Waals surface area contributed by atoms with Crippen molar-refractivity contribution in [1.82, 2.24) is 9.55 Å². The number of rotatable bonds is 8. The van der Waals surface area contributed by atoms with Gasteiger partial charge in [0, 0.05) is 18.2 Å². The fourth-order valence-corrected chi connectivity index (χ4v) is 4.28. The highest BCUT2D eigenvalue weighted by molar-refractivity contribution is 8.76. The van der Waals surface area contributed by atoms with Gasteiger partial charge in [-0.2, -0.15) is 0 Å². The van der Waals surface area contributed by atoms with Crippen LogP contribution in [0.15, 0.2) is 15.8 Å². The molecule has 1 saturated heterocycles. The monoisotopic (exact) mass is 427 g/mol. The topological polar surface area (TPSA) is 143 Å². The van der Waals surface area contributed by atoms with Gasteiger partial charge in [-0.25, -0.2) is 4.79 Å². The van der Waals surface area contributed by atoms with Crippen LogP contribution in [-0.2, 0) is 18.6 Å². The molecule has 1 aliphatic rings. The molecule has 5 atom stereocenters. The van der Waals surface area contributed by atoms with Gasteiger partial charge in [-0.1, -0.05) is 21.6 Å². The first-order valence-electron chi connectivity index (χ1n) is 7.61. The minimum Gasteiger partial charge on any atom is -0.756 e. The van der Waals surface area contributed by atoms with Crippen LogP contribution in [0.1, 0.15) is 25.1 Å². The van der Waals surface area contributed by atoms with Crippen molar-refractivity contribution in [3.05, 3.63) is 32.6 Å². The lowest BCUT2D eigenvalue weighted by atomic mass is 10.2. The molecule has 10 nitrogen and oxygen atoms in total. The standard InChI is InChI=1S/C13H21N2O8PS2/c1-7-5-15(13(17)14-12(7)16)11-4-9(22-8(2)26-25-3)10(23-11)6-21-24(18,19)20/h5,8-11H,4,6H2,1-3H3,(H,14,16,17)(H2,18,19,20)/p-1/t8-,9?,10+,11+/m0/s1. The van der Waals surface area contributed by atoms with Crippen molar-refractivity contribution in [1.29, 1.82) is 0 Å². The summed E-state index contributed by atoms with van der Waals surface area (Å²) in [5.74, 6) is 0. The Morgan fingerprint density at radius 1 is 1.58 bits per heavy atom. The van der Waals surface area contributed by atoms with Gasteiger partial charge in [-0.15, -0.1) is 0 Å². The summed E-state index contributed by atoms with van der Waals surface area (Å²) < 4.78 is 28.1. The molecular weight excluding hydrogens is 407 g/mol. The second-order valence-corrected chi connectivity index (χ2v) is 9.58. The zero-order valence-corrected chi connectivity index (χ0v) is 16.8. The van der Waals surface area contributed by atoms with Crippen molar-refractivity contribution in [3.63, 3.8) is 0 Å². The Balaban J connectivity index is 2.20. The van der Waals surface area contributed by atoms with Crippen molar-refractivity contribution >= 4 is 29.4 Å². The number of nitrogens with zero attached hydrogens (tertiary/aromatic N) is 1. The van der Waals surface area contributed by atoms with E-state index in [1.807, 2.05) is 13.2 Å². The van der Waals surface area contributed by atoms with Crippen LogP contribution < -0.4 is 16.1 Å². The van der Waals surface area contributed by atoms with Crippen LogP contribution in [0.2, 0.25) is 0 Å². The maximum atomic E-state index is 12.0. The average Bonchev–Trinajstić information content (AvgIpc) is 2.91. The molecule has 0 spiro atoms. The van der Waals surface area contributed by atoms with Crippen molar-refractivity contribution in [2.45, 2.75) is 44.1 Å². The van der Waals surface area contributed by atoms with Gasteiger partial charge in [-0.05, 0) is 20.1 Å². The van der Waals surface area contributed by atoms with Gasteiger partial charge in [0.05, 0.1) is 12.7 Å². The zero-order chi connectivity index (χ0) is 19.5. The second kappa shape index (κ2) is 9.07. The first-order chi connectivity index (χ1) is 12.1. The number of H-pyrrole nitrogens is 1. The highest BCUT2D eigenvalue weighted by Crippen LogP contribution is 2.37. The summed E-state index contributed by atoms with van der Waals surface area (Å²) in [6.07, 6.45) is 1.34. The lowest BCUT2D eigenvalue weighted by Gasteiger charge is -2.24. The van der Waals surface area contributed by atoms with Crippen molar-refractivity contribution in [2.75, 3.05) is 12.9 Å². The molecule has 13 heteroatoms. The smallest absolute Gasteiger partial charge is 0.330 e. The fraction of sp³-hybridized carbons (Fsp3) is 0.692. The van der Waals surface area contributed by atoms with E-state index in [0.717, 1.165) is 0 Å². The van der Waals surface area contributed by atoms with Gasteiger partial charge in [0.2, 0.25) is 0 Å². The van der Waals surface area contributed by atoms with Crippen LogP contribution >= 0.6 is 29.4 Å². The molecule has 1 aliphatic heterocycles. The van der Waals surface area contributed by atoms with E-state index in [4.69, 9.17) is 14.4 Å². The normalized spacial score (nSPS) is 26.6. The Labute approximate surface area is 157 Å². The molecule has 2 rings (SSSR count). The summed E-state index contributed by atoms with van der Waals surface area (Å²) >= 11 is 0. The van der Waals surface area contributed by atoms with Crippen LogP contribution in [0.25, 0.3) is 0 Å². The summed E-state index contributed by atoms with van der Waals surface area (Å²) in [5.41, 5.74) is -1.03. The van der Waals surface area contributed by atoms with Crippen LogP contribution in [0.3, 0.4) is 0 Å². The van der Waals surface area contributed by atoms with Gasteiger partial charge in [-0.3, -0.25) is 18.9 Å². The molecule has 148 valence electrons. The molecule has 2 heterocycles. The Morgan fingerprint density at radius 2 is 2.27 bits per heavy atom. The predicted molar refractivity (Wildman–Crippen MR) is 95.8 cm³/mol. The number of aryl methyl sites for hydroxylation is 1. The number of aromatic amines is 1. The van der Waals surface area contributed by atoms with Crippen molar-refractivity contribution in [3.8, 4) is 0 Å². The Hall–Kier alpha value is -0.590. The number of aromatic nitrogens is 2. The van der Waals surface area contributed by atoms with E-state index in [9.17, 15) is 19.0 Å². The third-order valence-electron chi connectivity index (χ3n) is 3.64. The van der Waals surface area contributed by atoms with E-state index < -0.39 is 44.1 Å². The van der Waals surface area contributed by atoms with E-state index in [2.05, 4.69) is 9.51 Å². The van der Waals surface area contributed by atoms with Crippen molar-refractivity contribution in [2.24, 2.45) is 0 Å². The van der Waals surface area contributed by atoms with E-state index in [-0.39, 0.29) is 11.9 Å². The first kappa shape index (κ1) is 21.7. The van der Waals surface area contributed by atoms with Crippen LogP contribution in [-0.4, -0.2) is 45.0 Å². The molecule has 2 unspecified atom stereocenters. The van der Waals surface area contributed by atoms with Crippen molar-refractivity contribution < 1.29 is 28.3 Å². The van der Waals surface area contributed by atoms with E-state index in [1.165, 1.54) is 32.4 Å². The summed E-state index contributed by atoms with van der Waals surface area (Å²) in [7, 11) is -1.95. The lowest BCUT2D eigenvalue weighted by molar-refractivity contribution is -0.223. The molecule has 1 fully saturated rings. The van der Waals surface area contributed by atoms with Gasteiger partial charge >= 0.3 is 5.69 Å². The SMILES string of the molecule is CSS[C@@H](C)OC1C[C@H](n2cc(C)c(=O)[nH]c2=O)O[C@@H]1COP(=O)([O-])O. The van der Waals surface area contributed by atoms with Gasteiger partial charge in [0.1, 0.15) is 17.8 Å². The maximum absolute atomic E-state index is 12.0. The summed E-state index contributed by atoms with van der Waals surface area (Å²) in [6, 6.07) is 0. The van der Waals surface area contributed by atoms with Gasteiger partial charge in [0.25, 0.3) is 13.4 Å². The fourth-order valence-electron chi connectivity index (χ4n) is 2.54. The minimum absolute atomic E-state index is 0.220. The van der Waals surface area contributed by atoms with Crippen LogP contribution in [0, 0.1) is 6.92 Å². The van der Waals surface area contributed by atoms with E-state index >= 15 is 0 Å². The third-order valence-corrected chi connectivity index (χ3v) is 6.08. The summed E-state index contributed by atoms with van der Waals surface area (Å²) in [5, 5.41) is 0. The molecule has 0 aliphatic carbocycles. The zero-order valence-electron chi connectivity index (χ0n) is 14.3. The highest BCUT2D eigenvalue weighted by atomic mass is 33.1. The molecule has 0 aromatic carbocycles. The third kappa shape index (κ3) is 5.96. The number of hydrogen-bond donors (Lipinski definition) is 2. The number of phosphoric acid groups is 1. The Bertz CT molecular complexity index is 778. The molecule has 2 N–H and O–H groups in total. The predicted octanol–water partition coefficient (Wildman–Crippen LogP) is 0.352. The van der Waals surface area contributed by atoms with E-state index in [0.29, 0.717) is 5.56 Å². The summed E-state index contributed by atoms with van der Waals surface area (Å²) in [6.45, 7) is 2.92. The largest absolute Gasteiger partial charge is 0.756 e. The lowest BCUT2D eigenvalue weighted by Crippen LogP contribution is -2.33. The minimum atomic E-state index is -4.92. The quantitative estimate of drug-likeness (QED) is 0.339. The molecule has 0 saturated carbocycles. The molecule has 1 aromatic rings. The maximum Gasteiger partial charge on any atom is 0.330 e. The molecule has 26 heavy (non-hydrogen) atoms.